The number of sulfonamides is 1. The van der Waals surface area contributed by atoms with Gasteiger partial charge in [0.15, 0.2) is 0 Å². The molecule has 0 spiro atoms. The quantitative estimate of drug-likeness (QED) is 0.246. The van der Waals surface area contributed by atoms with Gasteiger partial charge in [-0.1, -0.05) is 36.4 Å². The number of nitrogens with one attached hydrogen (secondary N) is 1. The molecule has 3 N–H and O–H groups in total. The average Bonchev–Trinajstić information content (AvgIpc) is 3.02. The molecule has 41 heavy (non-hydrogen) atoms. The Morgan fingerprint density at radius 3 is 1.93 bits per heavy atom. The Morgan fingerprint density at radius 1 is 0.805 bits per heavy atom. The zero-order chi connectivity index (χ0) is 28.8. The van der Waals surface area contributed by atoms with Gasteiger partial charge in [0.2, 0.25) is 16.0 Å². The molecular formula is C28H35N7O5S. The minimum atomic E-state index is -3.66. The van der Waals surface area contributed by atoms with Crippen LogP contribution in [0.4, 0.5) is 5.95 Å². The third kappa shape index (κ3) is 6.89. The first-order chi connectivity index (χ1) is 19.9. The number of amides is 1. The van der Waals surface area contributed by atoms with Crippen molar-refractivity contribution in [1.29, 1.82) is 0 Å². The van der Waals surface area contributed by atoms with Crippen molar-refractivity contribution in [3.05, 3.63) is 72.1 Å². The summed E-state index contributed by atoms with van der Waals surface area (Å²) in [6.45, 7) is 7.12. The molecule has 2 aliphatic rings. The van der Waals surface area contributed by atoms with Gasteiger partial charge >= 0.3 is 0 Å². The van der Waals surface area contributed by atoms with Gasteiger partial charge in [-0.3, -0.25) is 19.8 Å². The maximum Gasteiger partial charge on any atom is 0.277 e. The summed E-state index contributed by atoms with van der Waals surface area (Å²) in [6, 6.07) is 15.4. The maximum absolute atomic E-state index is 13.3. The summed E-state index contributed by atoms with van der Waals surface area (Å²) in [4.78, 5) is 26.6. The number of hydrogen-bond donors (Lipinski definition) is 3. The second kappa shape index (κ2) is 13.0. The Balaban J connectivity index is 1.15. The van der Waals surface area contributed by atoms with Crippen molar-refractivity contribution in [3.8, 4) is 11.1 Å². The van der Waals surface area contributed by atoms with Crippen LogP contribution in [-0.2, 0) is 16.6 Å². The van der Waals surface area contributed by atoms with Gasteiger partial charge in [-0.05, 0) is 28.8 Å². The molecule has 0 aliphatic carbocycles. The maximum atomic E-state index is 13.3. The molecule has 0 bridgehead atoms. The van der Waals surface area contributed by atoms with Gasteiger partial charge in [-0.2, -0.15) is 4.31 Å². The number of β-amino-alcohol motifs (C(OH)–C–C–N with tert-alkyl or cyclic N) is 1. The van der Waals surface area contributed by atoms with Crippen molar-refractivity contribution in [2.24, 2.45) is 0 Å². The van der Waals surface area contributed by atoms with E-state index in [4.69, 9.17) is 10.3 Å². The molecule has 2 aliphatic heterocycles. The van der Waals surface area contributed by atoms with Crippen LogP contribution in [0.15, 0.2) is 65.8 Å². The standard InChI is InChI=1S/C28H35N7O5S/c36-18-17-32-9-11-33(12-10-32)21-22-1-3-23(4-2-22)24-5-7-26(8-6-24)41(39,40)35-15-13-34(14-16-35)28-29-19-25(20-30-28)27(37)31-38/h1-8,19-20,36,38H,9-18,21H2,(H,31,37). The highest BCUT2D eigenvalue weighted by atomic mass is 32.2. The molecular weight excluding hydrogens is 546 g/mol. The Labute approximate surface area is 239 Å². The van der Waals surface area contributed by atoms with Crippen molar-refractivity contribution in [2.45, 2.75) is 11.4 Å². The summed E-state index contributed by atoms with van der Waals surface area (Å²) in [5.74, 6) is -0.302. The molecule has 1 aromatic heterocycles. The molecule has 5 rings (SSSR count). The minimum absolute atomic E-state index is 0.126. The van der Waals surface area contributed by atoms with Gasteiger partial charge in [0.1, 0.15) is 0 Å². The number of nitrogens with zero attached hydrogens (tertiary/aromatic N) is 6. The molecule has 2 aromatic carbocycles. The fourth-order valence-corrected chi connectivity index (χ4v) is 6.56. The number of hydrogen-bond acceptors (Lipinski definition) is 10. The second-order valence-electron chi connectivity index (χ2n) is 10.2. The highest BCUT2D eigenvalue weighted by Gasteiger charge is 2.29. The Hall–Kier alpha value is -3.46. The molecule has 13 heteroatoms. The topological polar surface area (TPSA) is 142 Å². The van der Waals surface area contributed by atoms with Crippen LogP contribution in [0.3, 0.4) is 0 Å². The number of piperazine rings is 2. The Morgan fingerprint density at radius 2 is 1.37 bits per heavy atom. The molecule has 3 heterocycles. The van der Waals surface area contributed by atoms with E-state index in [9.17, 15) is 13.2 Å². The van der Waals surface area contributed by atoms with E-state index in [0.29, 0.717) is 19.0 Å². The number of carbonyl (C=O) groups is 1. The molecule has 0 radical (unpaired) electrons. The number of carbonyl (C=O) groups excluding carboxylic acids is 1. The zero-order valence-electron chi connectivity index (χ0n) is 22.8. The fraction of sp³-hybridized carbons (Fsp3) is 0.393. The van der Waals surface area contributed by atoms with Crippen LogP contribution < -0.4 is 10.4 Å². The lowest BCUT2D eigenvalue weighted by molar-refractivity contribution is 0.0705. The summed E-state index contributed by atoms with van der Waals surface area (Å²) >= 11 is 0. The van der Waals surface area contributed by atoms with Crippen LogP contribution in [0.25, 0.3) is 11.1 Å². The number of benzene rings is 2. The van der Waals surface area contributed by atoms with Crippen LogP contribution in [0.1, 0.15) is 15.9 Å². The first kappa shape index (κ1) is 29.0. The molecule has 12 nitrogen and oxygen atoms in total. The monoisotopic (exact) mass is 581 g/mol. The molecule has 2 fully saturated rings. The van der Waals surface area contributed by atoms with E-state index >= 15 is 0 Å². The van der Waals surface area contributed by atoms with Gasteiger partial charge in [0, 0.05) is 77.8 Å². The van der Waals surface area contributed by atoms with Crippen LogP contribution in [0.5, 0.6) is 0 Å². The largest absolute Gasteiger partial charge is 0.395 e. The lowest BCUT2D eigenvalue weighted by atomic mass is 10.0. The van der Waals surface area contributed by atoms with E-state index in [0.717, 1.165) is 50.4 Å². The van der Waals surface area contributed by atoms with E-state index in [-0.39, 0.29) is 30.2 Å². The summed E-state index contributed by atoms with van der Waals surface area (Å²) in [7, 11) is -3.66. The second-order valence-corrected chi connectivity index (χ2v) is 12.1. The third-order valence-corrected chi connectivity index (χ3v) is 9.50. The number of aromatic nitrogens is 2. The predicted octanol–water partition coefficient (Wildman–Crippen LogP) is 0.883. The van der Waals surface area contributed by atoms with Gasteiger partial charge in [-0.15, -0.1) is 0 Å². The van der Waals surface area contributed by atoms with Crippen LogP contribution in [0.2, 0.25) is 0 Å². The van der Waals surface area contributed by atoms with Crippen molar-refractivity contribution in [2.75, 3.05) is 70.4 Å². The summed E-state index contributed by atoms with van der Waals surface area (Å²) in [5.41, 5.74) is 4.88. The third-order valence-electron chi connectivity index (χ3n) is 7.59. The van der Waals surface area contributed by atoms with Crippen molar-refractivity contribution in [3.63, 3.8) is 0 Å². The molecule has 0 unspecified atom stereocenters. The first-order valence-corrected chi connectivity index (χ1v) is 15.1. The number of aliphatic hydroxyl groups excluding tert-OH is 1. The highest BCUT2D eigenvalue weighted by Crippen LogP contribution is 2.25. The number of anilines is 1. The molecule has 2 saturated heterocycles. The van der Waals surface area contributed by atoms with E-state index in [2.05, 4.69) is 44.0 Å². The Bertz CT molecular complexity index is 1400. The SMILES string of the molecule is O=C(NO)c1cnc(N2CCN(S(=O)(=O)c3ccc(-c4ccc(CN5CCN(CCO)CC5)cc4)cc3)CC2)nc1. The number of hydroxylamine groups is 1. The van der Waals surface area contributed by atoms with Crippen LogP contribution in [0, 0.1) is 0 Å². The molecule has 218 valence electrons. The van der Waals surface area contributed by atoms with E-state index in [1.54, 1.807) is 12.1 Å². The fourth-order valence-electron chi connectivity index (χ4n) is 5.14. The summed E-state index contributed by atoms with van der Waals surface area (Å²) in [5, 5.41) is 17.8. The van der Waals surface area contributed by atoms with E-state index in [1.165, 1.54) is 27.7 Å². The highest BCUT2D eigenvalue weighted by molar-refractivity contribution is 7.89. The lowest BCUT2D eigenvalue weighted by Gasteiger charge is -2.34. The Kier molecular flexibility index (Phi) is 9.22. The lowest BCUT2D eigenvalue weighted by Crippen LogP contribution is -2.49. The minimum Gasteiger partial charge on any atom is -0.395 e. The molecule has 1 amide bonds. The number of rotatable bonds is 9. The molecule has 0 saturated carbocycles. The summed E-state index contributed by atoms with van der Waals surface area (Å²) < 4.78 is 28.1. The van der Waals surface area contributed by atoms with Crippen molar-refractivity contribution >= 4 is 21.9 Å². The summed E-state index contributed by atoms with van der Waals surface area (Å²) in [6.07, 6.45) is 2.63. The number of aliphatic hydroxyl groups is 1. The van der Waals surface area contributed by atoms with Gasteiger partial charge < -0.3 is 10.0 Å². The molecule has 0 atom stereocenters. The van der Waals surface area contributed by atoms with Crippen LogP contribution in [-0.4, -0.2) is 114 Å². The molecule has 3 aromatic rings. The van der Waals surface area contributed by atoms with Gasteiger partial charge in [0.05, 0.1) is 17.1 Å². The average molecular weight is 582 g/mol. The van der Waals surface area contributed by atoms with Crippen LogP contribution >= 0.6 is 0 Å². The van der Waals surface area contributed by atoms with Crippen molar-refractivity contribution in [1.82, 2.24) is 29.6 Å². The van der Waals surface area contributed by atoms with Crippen molar-refractivity contribution < 1.29 is 23.5 Å². The normalized spacial score (nSPS) is 17.5. The predicted molar refractivity (Wildman–Crippen MR) is 153 cm³/mol. The smallest absolute Gasteiger partial charge is 0.277 e. The van der Waals surface area contributed by atoms with E-state index < -0.39 is 15.9 Å². The zero-order valence-corrected chi connectivity index (χ0v) is 23.6. The van der Waals surface area contributed by atoms with E-state index in [1.807, 2.05) is 17.0 Å². The first-order valence-electron chi connectivity index (χ1n) is 13.6. The van der Waals surface area contributed by atoms with Gasteiger partial charge in [0.25, 0.3) is 5.91 Å². The van der Waals surface area contributed by atoms with Gasteiger partial charge in [-0.25, -0.2) is 23.9 Å².